The molecule has 1 fully saturated rings. The fourth-order valence-electron chi connectivity index (χ4n) is 3.35. The highest BCUT2D eigenvalue weighted by Gasteiger charge is 2.25. The molecule has 1 aliphatic heterocycles. The van der Waals surface area contributed by atoms with Crippen molar-refractivity contribution in [1.29, 1.82) is 5.26 Å². The number of thioether (sulfide) groups is 1. The molecule has 1 saturated heterocycles. The van der Waals surface area contributed by atoms with Crippen molar-refractivity contribution in [2.75, 3.05) is 37.0 Å². The first-order valence-electron chi connectivity index (χ1n) is 8.76. The van der Waals surface area contributed by atoms with Crippen LogP contribution in [0.2, 0.25) is 0 Å². The number of hydrogen-bond acceptors (Lipinski definition) is 5. The van der Waals surface area contributed by atoms with Gasteiger partial charge >= 0.3 is 0 Å². The molecule has 0 spiro atoms. The van der Waals surface area contributed by atoms with E-state index in [9.17, 15) is 5.26 Å². The summed E-state index contributed by atoms with van der Waals surface area (Å²) in [6.45, 7) is 5.56. The second kappa shape index (κ2) is 8.03. The average molecular weight is 331 g/mol. The third kappa shape index (κ3) is 3.64. The predicted octanol–water partition coefficient (Wildman–Crippen LogP) is 3.56. The molecule has 0 amide bonds. The monoisotopic (exact) mass is 331 g/mol. The normalized spacial score (nSPS) is 17.7. The number of nitriles is 1. The highest BCUT2D eigenvalue weighted by atomic mass is 32.2. The van der Waals surface area contributed by atoms with Gasteiger partial charge in [0, 0.05) is 13.1 Å². The number of aromatic nitrogens is 1. The Balaban J connectivity index is 1.99. The third-order valence-corrected chi connectivity index (χ3v) is 5.68. The largest absolute Gasteiger partial charge is 0.378 e. The second-order valence-corrected chi connectivity index (χ2v) is 7.28. The summed E-state index contributed by atoms with van der Waals surface area (Å²) in [6.07, 6.45) is 6.83. The van der Waals surface area contributed by atoms with Crippen molar-refractivity contribution in [3.05, 3.63) is 16.7 Å². The zero-order valence-corrected chi connectivity index (χ0v) is 14.8. The maximum absolute atomic E-state index is 9.70. The van der Waals surface area contributed by atoms with Crippen LogP contribution in [-0.4, -0.2) is 37.0 Å². The molecular weight excluding hydrogens is 306 g/mol. The van der Waals surface area contributed by atoms with Crippen LogP contribution in [0.25, 0.3) is 0 Å². The van der Waals surface area contributed by atoms with Gasteiger partial charge in [-0.15, -0.1) is 11.8 Å². The number of rotatable bonds is 5. The van der Waals surface area contributed by atoms with Crippen molar-refractivity contribution < 1.29 is 4.74 Å². The molecule has 1 aromatic rings. The van der Waals surface area contributed by atoms with Crippen molar-refractivity contribution >= 4 is 17.6 Å². The zero-order valence-electron chi connectivity index (χ0n) is 13.9. The fraction of sp³-hybridized carbons (Fsp3) is 0.667. The molecule has 0 N–H and O–H groups in total. The van der Waals surface area contributed by atoms with Gasteiger partial charge in [0.25, 0.3) is 0 Å². The highest BCUT2D eigenvalue weighted by molar-refractivity contribution is 7.99. The van der Waals surface area contributed by atoms with Gasteiger partial charge in [0.1, 0.15) is 16.9 Å². The molecule has 3 rings (SSSR count). The molecule has 23 heavy (non-hydrogen) atoms. The number of hydrogen-bond donors (Lipinski definition) is 0. The summed E-state index contributed by atoms with van der Waals surface area (Å²) >= 11 is 1.76. The summed E-state index contributed by atoms with van der Waals surface area (Å²) in [7, 11) is 0. The topological polar surface area (TPSA) is 49.2 Å². The van der Waals surface area contributed by atoms with Crippen molar-refractivity contribution in [2.24, 2.45) is 0 Å². The van der Waals surface area contributed by atoms with Gasteiger partial charge in [-0.3, -0.25) is 0 Å². The van der Waals surface area contributed by atoms with Crippen LogP contribution < -0.4 is 4.90 Å². The molecule has 0 atom stereocenters. The smallest absolute Gasteiger partial charge is 0.133 e. The number of ether oxygens (including phenoxy) is 1. The summed E-state index contributed by atoms with van der Waals surface area (Å²) in [5.41, 5.74) is 3.45. The number of nitrogens with zero attached hydrogens (tertiary/aromatic N) is 3. The molecule has 1 aliphatic carbocycles. The minimum atomic E-state index is 0.773. The Morgan fingerprint density at radius 3 is 2.65 bits per heavy atom. The van der Waals surface area contributed by atoms with Crippen LogP contribution in [0.3, 0.4) is 0 Å². The Labute approximate surface area is 143 Å². The van der Waals surface area contributed by atoms with E-state index in [0.717, 1.165) is 61.3 Å². The minimum absolute atomic E-state index is 0.773. The molecule has 4 nitrogen and oxygen atoms in total. The Morgan fingerprint density at radius 2 is 1.96 bits per heavy atom. The lowest BCUT2D eigenvalue weighted by atomic mass is 9.89. The number of pyridine rings is 1. The molecule has 5 heteroatoms. The quantitative estimate of drug-likeness (QED) is 0.610. The van der Waals surface area contributed by atoms with E-state index in [2.05, 4.69) is 17.9 Å². The average Bonchev–Trinajstić information content (AvgIpc) is 2.62. The lowest BCUT2D eigenvalue weighted by Gasteiger charge is -2.32. The van der Waals surface area contributed by atoms with Gasteiger partial charge < -0.3 is 9.64 Å². The number of anilines is 1. The van der Waals surface area contributed by atoms with E-state index >= 15 is 0 Å². The Morgan fingerprint density at radius 1 is 1.22 bits per heavy atom. The van der Waals surface area contributed by atoms with E-state index in [1.807, 2.05) is 0 Å². The SMILES string of the molecule is CCCCSc1nc(N2CCOCC2)c2c(c1C#N)CCCC2. The first kappa shape index (κ1) is 16.6. The van der Waals surface area contributed by atoms with Gasteiger partial charge in [0.2, 0.25) is 0 Å². The van der Waals surface area contributed by atoms with E-state index in [-0.39, 0.29) is 0 Å². The molecule has 0 saturated carbocycles. The number of morpholine rings is 1. The van der Waals surface area contributed by atoms with Crippen molar-refractivity contribution in [1.82, 2.24) is 4.98 Å². The summed E-state index contributed by atoms with van der Waals surface area (Å²) < 4.78 is 5.49. The maximum Gasteiger partial charge on any atom is 0.133 e. The molecular formula is C18H25N3OS. The fourth-order valence-corrected chi connectivity index (χ4v) is 4.44. The molecule has 2 heterocycles. The summed E-state index contributed by atoms with van der Waals surface area (Å²) in [6, 6.07) is 2.45. The van der Waals surface area contributed by atoms with Gasteiger partial charge in [-0.2, -0.15) is 5.26 Å². The summed E-state index contributed by atoms with van der Waals surface area (Å²) in [5, 5.41) is 10.6. The summed E-state index contributed by atoms with van der Waals surface area (Å²) in [5.74, 6) is 2.17. The van der Waals surface area contributed by atoms with Crippen LogP contribution in [0.1, 0.15) is 49.3 Å². The molecule has 2 aliphatic rings. The zero-order chi connectivity index (χ0) is 16.1. The molecule has 0 unspecified atom stereocenters. The van der Waals surface area contributed by atoms with Gasteiger partial charge in [-0.1, -0.05) is 13.3 Å². The van der Waals surface area contributed by atoms with Crippen molar-refractivity contribution in [2.45, 2.75) is 50.5 Å². The Kier molecular flexibility index (Phi) is 5.80. The van der Waals surface area contributed by atoms with Gasteiger partial charge in [-0.25, -0.2) is 4.98 Å². The number of fused-ring (bicyclic) bond motifs is 1. The Bertz CT molecular complexity index is 591. The number of unbranched alkanes of at least 4 members (excludes halogenated alkanes) is 1. The van der Waals surface area contributed by atoms with Crippen LogP contribution in [-0.2, 0) is 17.6 Å². The maximum atomic E-state index is 9.70. The van der Waals surface area contributed by atoms with Crippen molar-refractivity contribution in [3.8, 4) is 6.07 Å². The van der Waals surface area contributed by atoms with Crippen LogP contribution in [0.4, 0.5) is 5.82 Å². The van der Waals surface area contributed by atoms with E-state index in [1.54, 1.807) is 11.8 Å². The second-order valence-electron chi connectivity index (χ2n) is 6.19. The van der Waals surface area contributed by atoms with Crippen LogP contribution in [0, 0.1) is 11.3 Å². The van der Waals surface area contributed by atoms with E-state index in [0.29, 0.717) is 0 Å². The van der Waals surface area contributed by atoms with Crippen LogP contribution in [0.15, 0.2) is 5.03 Å². The standard InChI is InChI=1S/C18H25N3OS/c1-2-3-12-23-18-16(13-19)14-6-4-5-7-15(14)17(20-18)21-8-10-22-11-9-21/h2-12H2,1H3. The molecule has 124 valence electrons. The van der Waals surface area contributed by atoms with E-state index in [1.165, 1.54) is 36.8 Å². The van der Waals surface area contributed by atoms with Crippen molar-refractivity contribution in [3.63, 3.8) is 0 Å². The lowest BCUT2D eigenvalue weighted by Crippen LogP contribution is -2.38. The van der Waals surface area contributed by atoms with Gasteiger partial charge in [0.15, 0.2) is 0 Å². The Hall–Kier alpha value is -1.25. The van der Waals surface area contributed by atoms with Gasteiger partial charge in [0.05, 0.1) is 18.8 Å². The molecule has 0 aromatic carbocycles. The van der Waals surface area contributed by atoms with Gasteiger partial charge in [-0.05, 0) is 49.0 Å². The minimum Gasteiger partial charge on any atom is -0.378 e. The molecule has 0 bridgehead atoms. The highest BCUT2D eigenvalue weighted by Crippen LogP contribution is 2.36. The van der Waals surface area contributed by atoms with Crippen LogP contribution in [0.5, 0.6) is 0 Å². The molecule has 1 aromatic heterocycles. The third-order valence-electron chi connectivity index (χ3n) is 4.62. The summed E-state index contributed by atoms with van der Waals surface area (Å²) in [4.78, 5) is 7.32. The first-order valence-corrected chi connectivity index (χ1v) is 9.75. The molecule has 0 radical (unpaired) electrons. The van der Waals surface area contributed by atoms with E-state index < -0.39 is 0 Å². The van der Waals surface area contributed by atoms with Crippen LogP contribution >= 0.6 is 11.8 Å². The van der Waals surface area contributed by atoms with E-state index in [4.69, 9.17) is 9.72 Å². The first-order chi connectivity index (χ1) is 11.3. The lowest BCUT2D eigenvalue weighted by molar-refractivity contribution is 0.122. The predicted molar refractivity (Wildman–Crippen MR) is 94.3 cm³/mol.